The van der Waals surface area contributed by atoms with E-state index in [0.29, 0.717) is 6.54 Å². The van der Waals surface area contributed by atoms with Crippen LogP contribution in [0.5, 0.6) is 0 Å². The number of aliphatic carboxylic acids is 2. The Morgan fingerprint density at radius 1 is 0.926 bits per heavy atom. The molecule has 2 aromatic carbocycles. The minimum absolute atomic E-state index is 0.405. The molecule has 3 N–H and O–H groups in total. The third kappa shape index (κ3) is 6.69. The summed E-state index contributed by atoms with van der Waals surface area (Å²) in [5.41, 5.74) is 3.73. The zero-order valence-corrected chi connectivity index (χ0v) is 14.9. The molecule has 0 amide bonds. The van der Waals surface area contributed by atoms with Crippen LogP contribution in [0.2, 0.25) is 0 Å². The van der Waals surface area contributed by atoms with Crippen LogP contribution in [0.15, 0.2) is 66.7 Å². The van der Waals surface area contributed by atoms with Gasteiger partial charge in [0.05, 0.1) is 6.10 Å². The van der Waals surface area contributed by atoms with E-state index < -0.39 is 18.0 Å². The molecule has 0 bridgehead atoms. The van der Waals surface area contributed by atoms with E-state index in [9.17, 15) is 5.11 Å². The first-order valence-electron chi connectivity index (χ1n) is 8.63. The Morgan fingerprint density at radius 2 is 1.48 bits per heavy atom. The van der Waals surface area contributed by atoms with Gasteiger partial charge in [-0.1, -0.05) is 66.7 Å². The molecule has 6 nitrogen and oxygen atoms in total. The summed E-state index contributed by atoms with van der Waals surface area (Å²) in [5, 5.41) is 25.1. The second kappa shape index (κ2) is 10.3. The van der Waals surface area contributed by atoms with Gasteiger partial charge in [-0.25, -0.2) is 9.59 Å². The number of benzene rings is 2. The Morgan fingerprint density at radius 3 is 1.96 bits per heavy atom. The lowest BCUT2D eigenvalue weighted by atomic mass is 9.99. The third-order valence-corrected chi connectivity index (χ3v) is 4.24. The van der Waals surface area contributed by atoms with Crippen LogP contribution >= 0.6 is 0 Å². The molecular weight excluding hydrogens is 346 g/mol. The van der Waals surface area contributed by atoms with Gasteiger partial charge in [0.25, 0.3) is 0 Å². The SMILES string of the molecule is O=C(O)C(=O)O.OC(CN1CC=C(c2ccccc2)CC1)c1ccccc1. The summed E-state index contributed by atoms with van der Waals surface area (Å²) in [6.07, 6.45) is 2.93. The largest absolute Gasteiger partial charge is 0.473 e. The molecule has 1 heterocycles. The average Bonchev–Trinajstić information content (AvgIpc) is 2.70. The van der Waals surface area contributed by atoms with Gasteiger partial charge in [-0.2, -0.15) is 0 Å². The fraction of sp³-hybridized carbons (Fsp3) is 0.238. The zero-order valence-electron chi connectivity index (χ0n) is 14.9. The number of rotatable bonds is 4. The van der Waals surface area contributed by atoms with Crippen LogP contribution in [0.25, 0.3) is 5.57 Å². The highest BCUT2D eigenvalue weighted by molar-refractivity contribution is 6.27. The number of carbonyl (C=O) groups is 2. The first-order valence-corrected chi connectivity index (χ1v) is 8.63. The average molecular weight is 369 g/mol. The van der Waals surface area contributed by atoms with E-state index in [1.54, 1.807) is 0 Å². The first kappa shape index (κ1) is 20.4. The van der Waals surface area contributed by atoms with Crippen molar-refractivity contribution in [3.63, 3.8) is 0 Å². The lowest BCUT2D eigenvalue weighted by molar-refractivity contribution is -0.159. The van der Waals surface area contributed by atoms with Gasteiger partial charge >= 0.3 is 11.9 Å². The molecule has 6 heteroatoms. The van der Waals surface area contributed by atoms with Crippen LogP contribution in [0, 0.1) is 0 Å². The molecule has 27 heavy (non-hydrogen) atoms. The molecule has 0 aromatic heterocycles. The van der Waals surface area contributed by atoms with Crippen LogP contribution < -0.4 is 0 Å². The third-order valence-electron chi connectivity index (χ3n) is 4.24. The molecule has 0 saturated carbocycles. The quantitative estimate of drug-likeness (QED) is 0.717. The molecule has 1 unspecified atom stereocenters. The van der Waals surface area contributed by atoms with Crippen molar-refractivity contribution in [3.8, 4) is 0 Å². The number of hydrogen-bond acceptors (Lipinski definition) is 4. The molecule has 0 fully saturated rings. The molecule has 1 aliphatic heterocycles. The highest BCUT2D eigenvalue weighted by Crippen LogP contribution is 2.23. The van der Waals surface area contributed by atoms with Crippen molar-refractivity contribution >= 4 is 17.5 Å². The number of nitrogens with zero attached hydrogens (tertiary/aromatic N) is 1. The fourth-order valence-electron chi connectivity index (χ4n) is 2.82. The smallest absolute Gasteiger partial charge is 0.414 e. The van der Waals surface area contributed by atoms with Gasteiger partial charge < -0.3 is 15.3 Å². The summed E-state index contributed by atoms with van der Waals surface area (Å²) in [6.45, 7) is 2.61. The second-order valence-corrected chi connectivity index (χ2v) is 6.14. The van der Waals surface area contributed by atoms with Crippen LogP contribution in [0.4, 0.5) is 0 Å². The maximum absolute atomic E-state index is 10.3. The number of carboxylic acid groups (broad SMARTS) is 2. The maximum Gasteiger partial charge on any atom is 0.414 e. The molecule has 142 valence electrons. The fourth-order valence-corrected chi connectivity index (χ4v) is 2.82. The van der Waals surface area contributed by atoms with Crippen molar-refractivity contribution in [2.24, 2.45) is 0 Å². The monoisotopic (exact) mass is 369 g/mol. The Balaban J connectivity index is 0.000000380. The van der Waals surface area contributed by atoms with Crippen LogP contribution in [-0.2, 0) is 9.59 Å². The number of aliphatic hydroxyl groups excluding tert-OH is 1. The standard InChI is InChI=1S/C19H21NO.C2H2O4/c21-19(18-9-5-2-6-10-18)15-20-13-11-17(12-14-20)16-7-3-1-4-8-16;3-1(4)2(5)6/h1-11,19,21H,12-15H2;(H,3,4)(H,5,6). The first-order chi connectivity index (χ1) is 13.0. The minimum Gasteiger partial charge on any atom is -0.473 e. The van der Waals surface area contributed by atoms with Gasteiger partial charge in [0.2, 0.25) is 0 Å². The number of aliphatic hydroxyl groups is 1. The molecule has 0 spiro atoms. The lowest BCUT2D eigenvalue weighted by Gasteiger charge is -2.28. The predicted molar refractivity (Wildman–Crippen MR) is 102 cm³/mol. The van der Waals surface area contributed by atoms with Crippen molar-refractivity contribution in [2.45, 2.75) is 12.5 Å². The van der Waals surface area contributed by atoms with E-state index in [4.69, 9.17) is 19.8 Å². The molecule has 3 rings (SSSR count). The van der Waals surface area contributed by atoms with Gasteiger partial charge in [0.1, 0.15) is 0 Å². The highest BCUT2D eigenvalue weighted by atomic mass is 16.4. The van der Waals surface area contributed by atoms with Crippen molar-refractivity contribution in [1.82, 2.24) is 4.90 Å². The summed E-state index contributed by atoms with van der Waals surface area (Å²) in [7, 11) is 0. The zero-order chi connectivity index (χ0) is 19.6. The molecule has 1 atom stereocenters. The molecule has 0 saturated heterocycles. The molecule has 2 aromatic rings. The maximum atomic E-state index is 10.3. The van der Waals surface area contributed by atoms with E-state index in [1.807, 2.05) is 30.3 Å². The molecule has 0 aliphatic carbocycles. The van der Waals surface area contributed by atoms with Crippen molar-refractivity contribution < 1.29 is 24.9 Å². The Kier molecular flexibility index (Phi) is 7.73. The van der Waals surface area contributed by atoms with Crippen molar-refractivity contribution in [1.29, 1.82) is 0 Å². The van der Waals surface area contributed by atoms with Crippen LogP contribution in [-0.4, -0.2) is 51.8 Å². The Bertz CT molecular complexity index is 762. The van der Waals surface area contributed by atoms with E-state index in [-0.39, 0.29) is 0 Å². The van der Waals surface area contributed by atoms with Gasteiger partial charge in [0, 0.05) is 19.6 Å². The van der Waals surface area contributed by atoms with Gasteiger partial charge in [-0.3, -0.25) is 4.90 Å². The van der Waals surface area contributed by atoms with Gasteiger partial charge in [-0.05, 0) is 23.1 Å². The lowest BCUT2D eigenvalue weighted by Crippen LogP contribution is -2.32. The summed E-state index contributed by atoms with van der Waals surface area (Å²) in [6, 6.07) is 20.5. The van der Waals surface area contributed by atoms with Gasteiger partial charge in [0.15, 0.2) is 0 Å². The number of carboxylic acids is 2. The summed E-state index contributed by atoms with van der Waals surface area (Å²) in [4.78, 5) is 20.5. The Labute approximate surface area is 158 Å². The van der Waals surface area contributed by atoms with Crippen LogP contribution in [0.3, 0.4) is 0 Å². The highest BCUT2D eigenvalue weighted by Gasteiger charge is 2.16. The number of hydrogen-bond donors (Lipinski definition) is 3. The minimum atomic E-state index is -1.82. The molecule has 0 radical (unpaired) electrons. The molecule has 1 aliphatic rings. The topological polar surface area (TPSA) is 98.1 Å². The van der Waals surface area contributed by atoms with E-state index in [0.717, 1.165) is 25.1 Å². The summed E-state index contributed by atoms with van der Waals surface area (Å²) >= 11 is 0. The van der Waals surface area contributed by atoms with Gasteiger partial charge in [-0.15, -0.1) is 0 Å². The van der Waals surface area contributed by atoms with E-state index >= 15 is 0 Å². The van der Waals surface area contributed by atoms with Crippen LogP contribution in [0.1, 0.15) is 23.7 Å². The molecular formula is C21H23NO5. The normalized spacial score (nSPS) is 15.1. The Hall–Kier alpha value is -2.96. The van der Waals surface area contributed by atoms with Crippen molar-refractivity contribution in [2.75, 3.05) is 19.6 Å². The van der Waals surface area contributed by atoms with E-state index in [2.05, 4.69) is 41.3 Å². The second-order valence-electron chi connectivity index (χ2n) is 6.14. The summed E-state index contributed by atoms with van der Waals surface area (Å²) < 4.78 is 0. The van der Waals surface area contributed by atoms with E-state index in [1.165, 1.54) is 11.1 Å². The summed E-state index contributed by atoms with van der Waals surface area (Å²) in [5.74, 6) is -3.65. The number of β-amino-alcohol motifs (C(OH)–C–C–N with tert-alkyl or cyclic N) is 1. The van der Waals surface area contributed by atoms with Crippen molar-refractivity contribution in [3.05, 3.63) is 77.9 Å². The predicted octanol–water partition coefficient (Wildman–Crippen LogP) is 2.66.